The first-order chi connectivity index (χ1) is 5.71. The molecule has 0 spiro atoms. The van der Waals surface area contributed by atoms with Crippen molar-refractivity contribution in [2.75, 3.05) is 0 Å². The van der Waals surface area contributed by atoms with Crippen molar-refractivity contribution in [3.63, 3.8) is 0 Å². The summed E-state index contributed by atoms with van der Waals surface area (Å²) in [4.78, 5) is 8.36. The van der Waals surface area contributed by atoms with Crippen LogP contribution in [0.4, 0.5) is 0 Å². The van der Waals surface area contributed by atoms with Crippen molar-refractivity contribution in [3.8, 4) is 0 Å². The zero-order valence-electron chi connectivity index (χ0n) is 8.78. The van der Waals surface area contributed by atoms with Gasteiger partial charge in [0.2, 0.25) is 0 Å². The zero-order valence-corrected chi connectivity index (χ0v) is 8.78. The van der Waals surface area contributed by atoms with Crippen molar-refractivity contribution < 1.29 is 10.3 Å². The van der Waals surface area contributed by atoms with Gasteiger partial charge in [0, 0.05) is 5.54 Å². The maximum absolute atomic E-state index is 8.36. The van der Waals surface area contributed by atoms with E-state index in [4.69, 9.17) is 21.1 Å². The van der Waals surface area contributed by atoms with Gasteiger partial charge in [-0.1, -0.05) is 20.3 Å². The lowest BCUT2D eigenvalue weighted by Crippen LogP contribution is -2.39. The molecule has 80 valence electrons. The van der Waals surface area contributed by atoms with Crippen molar-refractivity contribution in [1.82, 2.24) is 0 Å². The SMILES string of the molecule is CCCC(C)C(C)(C)N.O=[N+]([O-])O. The number of nitrogens with zero attached hydrogens (tertiary/aromatic N) is 1. The molecule has 1 atom stereocenters. The second kappa shape index (κ2) is 6.65. The molecule has 5 nitrogen and oxygen atoms in total. The second-order valence-electron chi connectivity index (χ2n) is 3.75. The Bertz CT molecular complexity index is 139. The lowest BCUT2D eigenvalue weighted by Gasteiger charge is -2.26. The third kappa shape index (κ3) is 14.1. The Hall–Kier alpha value is -0.840. The van der Waals surface area contributed by atoms with Crippen molar-refractivity contribution in [2.24, 2.45) is 11.7 Å². The first-order valence-corrected chi connectivity index (χ1v) is 4.34. The first-order valence-electron chi connectivity index (χ1n) is 4.34. The van der Waals surface area contributed by atoms with Gasteiger partial charge in [-0.15, -0.1) is 10.1 Å². The molecule has 0 amide bonds. The van der Waals surface area contributed by atoms with Crippen LogP contribution in [0.1, 0.15) is 40.5 Å². The van der Waals surface area contributed by atoms with Crippen molar-refractivity contribution in [1.29, 1.82) is 0 Å². The highest BCUT2D eigenvalue weighted by Gasteiger charge is 2.18. The number of hydrogen-bond acceptors (Lipinski definition) is 3. The summed E-state index contributed by atoms with van der Waals surface area (Å²) in [5.41, 5.74) is 5.87. The zero-order chi connectivity index (χ0) is 11.1. The molecule has 13 heavy (non-hydrogen) atoms. The average Bonchev–Trinajstić information content (AvgIpc) is 1.84. The van der Waals surface area contributed by atoms with Crippen LogP contribution in [-0.4, -0.2) is 15.8 Å². The van der Waals surface area contributed by atoms with Gasteiger partial charge in [0.1, 0.15) is 0 Å². The van der Waals surface area contributed by atoms with Crippen LogP contribution >= 0.6 is 0 Å². The molecule has 0 aliphatic rings. The summed E-state index contributed by atoms with van der Waals surface area (Å²) >= 11 is 0. The fraction of sp³-hybridized carbons (Fsp3) is 1.00. The van der Waals surface area contributed by atoms with Gasteiger partial charge in [0.25, 0.3) is 5.09 Å². The van der Waals surface area contributed by atoms with E-state index < -0.39 is 5.09 Å². The number of nitrogens with two attached hydrogens (primary N) is 1. The Balaban J connectivity index is 0. The van der Waals surface area contributed by atoms with Crippen LogP contribution < -0.4 is 5.73 Å². The lowest BCUT2D eigenvalue weighted by molar-refractivity contribution is -0.742. The average molecular weight is 192 g/mol. The third-order valence-electron chi connectivity index (χ3n) is 1.99. The maximum Gasteiger partial charge on any atom is 0.291 e. The van der Waals surface area contributed by atoms with Crippen LogP contribution in [0.15, 0.2) is 0 Å². The molecule has 3 N–H and O–H groups in total. The molecule has 0 bridgehead atoms. The van der Waals surface area contributed by atoms with Gasteiger partial charge in [0.05, 0.1) is 0 Å². The lowest BCUT2D eigenvalue weighted by atomic mass is 9.87. The van der Waals surface area contributed by atoms with E-state index in [2.05, 4.69) is 27.7 Å². The largest absolute Gasteiger partial charge is 0.328 e. The molecule has 5 heteroatoms. The van der Waals surface area contributed by atoms with Gasteiger partial charge in [-0.05, 0) is 26.2 Å². The molecule has 1 unspecified atom stereocenters. The highest BCUT2D eigenvalue weighted by atomic mass is 16.9. The third-order valence-corrected chi connectivity index (χ3v) is 1.99. The van der Waals surface area contributed by atoms with Gasteiger partial charge in [-0.25, -0.2) is 0 Å². The van der Waals surface area contributed by atoms with E-state index in [0.717, 1.165) is 0 Å². The van der Waals surface area contributed by atoms with E-state index in [1.807, 2.05) is 0 Å². The summed E-state index contributed by atoms with van der Waals surface area (Å²) in [6.45, 7) is 8.59. The summed E-state index contributed by atoms with van der Waals surface area (Å²) in [7, 11) is 0. The molecule has 0 aliphatic carbocycles. The van der Waals surface area contributed by atoms with Crippen LogP contribution in [0.2, 0.25) is 0 Å². The highest BCUT2D eigenvalue weighted by molar-refractivity contribution is 4.77. The molecular formula is C8H20N2O3. The summed E-state index contributed by atoms with van der Waals surface area (Å²) < 4.78 is 0. The topological polar surface area (TPSA) is 89.4 Å². The molecule has 0 saturated heterocycles. The van der Waals surface area contributed by atoms with Crippen LogP contribution in [0.25, 0.3) is 0 Å². The molecule has 0 saturated carbocycles. The van der Waals surface area contributed by atoms with Crippen molar-refractivity contribution in [2.45, 2.75) is 46.1 Å². The first kappa shape index (κ1) is 14.7. The molecule has 0 aromatic rings. The predicted octanol–water partition coefficient (Wildman–Crippen LogP) is 1.81. The molecule has 0 aromatic heterocycles. The van der Waals surface area contributed by atoms with Gasteiger partial charge in [-0.3, -0.25) is 0 Å². The minimum absolute atomic E-state index is 0.00993. The molecule has 0 aromatic carbocycles. The smallest absolute Gasteiger partial charge is 0.291 e. The van der Waals surface area contributed by atoms with Gasteiger partial charge in [0.15, 0.2) is 0 Å². The standard InChI is InChI=1S/C8H19N.HNO3/c1-5-6-7(2)8(3,4)9;2-1(3)4/h7H,5-6,9H2,1-4H3;(H,2,3,4). The minimum Gasteiger partial charge on any atom is -0.328 e. The minimum atomic E-state index is -1.50. The molecule has 0 radical (unpaired) electrons. The predicted molar refractivity (Wildman–Crippen MR) is 51.1 cm³/mol. The molecule has 0 heterocycles. The normalized spacial score (nSPS) is 12.7. The second-order valence-corrected chi connectivity index (χ2v) is 3.75. The monoisotopic (exact) mass is 192 g/mol. The number of hydrogen-bond donors (Lipinski definition) is 2. The van der Waals surface area contributed by atoms with E-state index >= 15 is 0 Å². The summed E-state index contributed by atoms with van der Waals surface area (Å²) in [6, 6.07) is 0. The fourth-order valence-corrected chi connectivity index (χ4v) is 0.805. The van der Waals surface area contributed by atoms with E-state index in [1.54, 1.807) is 0 Å². The molecule has 0 fully saturated rings. The Morgan fingerprint density at radius 1 is 1.62 bits per heavy atom. The van der Waals surface area contributed by atoms with Crippen molar-refractivity contribution in [3.05, 3.63) is 10.1 Å². The molecule has 0 rings (SSSR count). The van der Waals surface area contributed by atoms with Gasteiger partial charge < -0.3 is 10.9 Å². The quantitative estimate of drug-likeness (QED) is 0.527. The van der Waals surface area contributed by atoms with Gasteiger partial charge in [-0.2, -0.15) is 0 Å². The Morgan fingerprint density at radius 2 is 1.92 bits per heavy atom. The van der Waals surface area contributed by atoms with Gasteiger partial charge >= 0.3 is 0 Å². The Morgan fingerprint density at radius 3 is 2.00 bits per heavy atom. The van der Waals surface area contributed by atoms with E-state index in [0.29, 0.717) is 5.92 Å². The summed E-state index contributed by atoms with van der Waals surface area (Å²) in [5, 5.41) is 13.6. The molecule has 0 aliphatic heterocycles. The number of rotatable bonds is 3. The van der Waals surface area contributed by atoms with E-state index in [1.165, 1.54) is 12.8 Å². The van der Waals surface area contributed by atoms with Crippen LogP contribution in [0, 0.1) is 16.0 Å². The fourth-order valence-electron chi connectivity index (χ4n) is 0.805. The maximum atomic E-state index is 8.36. The summed E-state index contributed by atoms with van der Waals surface area (Å²) in [5.74, 6) is 0.641. The Labute approximate surface area is 79.0 Å². The Kier molecular flexibility index (Phi) is 7.51. The highest BCUT2D eigenvalue weighted by Crippen LogP contribution is 2.17. The van der Waals surface area contributed by atoms with E-state index in [9.17, 15) is 0 Å². The van der Waals surface area contributed by atoms with Crippen LogP contribution in [0.3, 0.4) is 0 Å². The van der Waals surface area contributed by atoms with Crippen molar-refractivity contribution >= 4 is 0 Å². The van der Waals surface area contributed by atoms with E-state index in [-0.39, 0.29) is 5.54 Å². The van der Waals surface area contributed by atoms with Crippen LogP contribution in [0.5, 0.6) is 0 Å². The molecular weight excluding hydrogens is 172 g/mol. The summed E-state index contributed by atoms with van der Waals surface area (Å²) in [6.07, 6.45) is 2.48. The van der Waals surface area contributed by atoms with Crippen LogP contribution in [-0.2, 0) is 0 Å².